The zero-order valence-electron chi connectivity index (χ0n) is 33.3. The van der Waals surface area contributed by atoms with Crippen LogP contribution in [0.4, 0.5) is 48.5 Å². The van der Waals surface area contributed by atoms with Crippen molar-refractivity contribution in [3.05, 3.63) is 215 Å². The van der Waals surface area contributed by atoms with Gasteiger partial charge in [-0.3, -0.25) is 0 Å². The van der Waals surface area contributed by atoms with Gasteiger partial charge >= 0.3 is 18.1 Å². The number of para-hydroxylation sites is 3. The van der Waals surface area contributed by atoms with Gasteiger partial charge in [-0.15, -0.1) is 0 Å². The third kappa shape index (κ3) is 12.9. The first-order valence-corrected chi connectivity index (χ1v) is 20.2. The predicted octanol–water partition coefficient (Wildman–Crippen LogP) is 12.0. The van der Waals surface area contributed by atoms with Gasteiger partial charge in [0.05, 0.1) is 0 Å². The summed E-state index contributed by atoms with van der Waals surface area (Å²) in [5.41, 5.74) is 11.5. The number of aryl methyl sites for hydroxylation is 6. The van der Waals surface area contributed by atoms with E-state index >= 15 is 0 Å². The highest BCUT2D eigenvalue weighted by molar-refractivity contribution is 6.01. The monoisotopic (exact) mass is 792 g/mol. The molecule has 0 heterocycles. The van der Waals surface area contributed by atoms with Crippen molar-refractivity contribution in [1.82, 2.24) is 0 Å². The largest absolute Gasteiger partial charge is 0.323 e. The van der Waals surface area contributed by atoms with Crippen LogP contribution in [0, 0.1) is 0 Å². The average Bonchev–Trinajstić information content (AvgIpc) is 3.25. The van der Waals surface area contributed by atoms with E-state index in [0.29, 0.717) is 0 Å². The average molecular weight is 793 g/mol. The van der Waals surface area contributed by atoms with E-state index in [0.717, 1.165) is 89.3 Å². The summed E-state index contributed by atoms with van der Waals surface area (Å²) in [5, 5.41) is 17.5. The lowest BCUT2D eigenvalue weighted by atomic mass is 9.94. The molecule has 0 radical (unpaired) electrons. The topological polar surface area (TPSA) is 123 Å². The van der Waals surface area contributed by atoms with Gasteiger partial charge in [0.25, 0.3) is 0 Å². The SMILES string of the molecule is O=C(Nc1ccccc1)Nc1cccc(CCc2cc(CCc3cccc(NC(=O)Nc4ccccc4)c3)cc(CCc3cccc(NC(=O)Nc4ccccc4)c3)c2)c1. The Morgan fingerprint density at radius 1 is 0.250 bits per heavy atom. The van der Waals surface area contributed by atoms with E-state index in [1.54, 1.807) is 0 Å². The molecule has 6 N–H and O–H groups in total. The van der Waals surface area contributed by atoms with Crippen LogP contribution in [0.1, 0.15) is 33.4 Å². The lowest BCUT2D eigenvalue weighted by molar-refractivity contribution is 0.261. The van der Waals surface area contributed by atoms with Crippen molar-refractivity contribution in [2.45, 2.75) is 38.5 Å². The molecule has 300 valence electrons. The zero-order valence-corrected chi connectivity index (χ0v) is 33.3. The van der Waals surface area contributed by atoms with Gasteiger partial charge in [-0.25, -0.2) is 14.4 Å². The molecule has 0 aromatic heterocycles. The quantitative estimate of drug-likeness (QED) is 0.0619. The maximum absolute atomic E-state index is 12.7. The first kappa shape index (κ1) is 40.5. The van der Waals surface area contributed by atoms with Crippen LogP contribution in [0.15, 0.2) is 182 Å². The molecule has 60 heavy (non-hydrogen) atoms. The van der Waals surface area contributed by atoms with Crippen LogP contribution in [0.25, 0.3) is 0 Å². The molecule has 7 rings (SSSR count). The van der Waals surface area contributed by atoms with E-state index in [4.69, 9.17) is 0 Å². The molecule has 0 saturated carbocycles. The molecule has 0 spiro atoms. The number of benzene rings is 7. The van der Waals surface area contributed by atoms with Crippen LogP contribution >= 0.6 is 0 Å². The highest BCUT2D eigenvalue weighted by Crippen LogP contribution is 2.22. The smallest absolute Gasteiger partial charge is 0.308 e. The Labute approximate surface area is 351 Å². The summed E-state index contributed by atoms with van der Waals surface area (Å²) in [6, 6.07) is 58.1. The molecule has 0 aliphatic rings. The molecule has 0 bridgehead atoms. The number of nitrogens with one attached hydrogen (secondary N) is 6. The number of amides is 6. The molecule has 0 aliphatic carbocycles. The fourth-order valence-corrected chi connectivity index (χ4v) is 7.00. The first-order valence-electron chi connectivity index (χ1n) is 20.2. The second-order valence-electron chi connectivity index (χ2n) is 14.6. The van der Waals surface area contributed by atoms with Crippen molar-refractivity contribution in [3.8, 4) is 0 Å². The van der Waals surface area contributed by atoms with Crippen LogP contribution in [0.2, 0.25) is 0 Å². The number of carbonyl (C=O) groups excluding carboxylic acids is 3. The summed E-state index contributed by atoms with van der Waals surface area (Å²) >= 11 is 0. The lowest BCUT2D eigenvalue weighted by Crippen LogP contribution is -2.19. The second-order valence-corrected chi connectivity index (χ2v) is 14.6. The molecular formula is C51H48N6O3. The van der Waals surface area contributed by atoms with Crippen molar-refractivity contribution >= 4 is 52.2 Å². The molecular weight excluding hydrogens is 745 g/mol. The van der Waals surface area contributed by atoms with E-state index in [9.17, 15) is 14.4 Å². The van der Waals surface area contributed by atoms with Gasteiger partial charge < -0.3 is 31.9 Å². The standard InChI is InChI=1S/C51H48N6O3/c58-49(52-43-16-4-1-5-17-43)55-46-22-10-13-37(34-46)25-28-40-31-41(29-26-38-14-11-23-47(35-38)56-50(59)53-44-18-6-2-7-19-44)33-42(32-40)30-27-39-15-12-24-48(36-39)57-51(60)54-45-20-8-3-9-21-45/h1-24,31-36H,25-30H2,(H2,52,55,58)(H2,53,56,59)(H2,54,57,60). The lowest BCUT2D eigenvalue weighted by Gasteiger charge is -2.13. The van der Waals surface area contributed by atoms with E-state index < -0.39 is 0 Å². The number of anilines is 6. The van der Waals surface area contributed by atoms with Gasteiger partial charge in [0, 0.05) is 34.1 Å². The predicted molar refractivity (Wildman–Crippen MR) is 245 cm³/mol. The Bertz CT molecular complexity index is 2220. The number of hydrogen-bond donors (Lipinski definition) is 6. The van der Waals surface area contributed by atoms with E-state index in [-0.39, 0.29) is 18.1 Å². The maximum atomic E-state index is 12.7. The van der Waals surface area contributed by atoms with Gasteiger partial charge in [-0.1, -0.05) is 109 Å². The van der Waals surface area contributed by atoms with E-state index in [1.165, 1.54) is 16.7 Å². The first-order chi connectivity index (χ1) is 29.4. The third-order valence-electron chi connectivity index (χ3n) is 9.87. The minimum Gasteiger partial charge on any atom is -0.308 e. The van der Waals surface area contributed by atoms with Gasteiger partial charge in [0.2, 0.25) is 0 Å². The normalized spacial score (nSPS) is 10.6. The fourth-order valence-electron chi connectivity index (χ4n) is 7.00. The summed E-state index contributed by atoms with van der Waals surface area (Å²) in [5.74, 6) is 0. The summed E-state index contributed by atoms with van der Waals surface area (Å²) in [7, 11) is 0. The van der Waals surface area contributed by atoms with E-state index in [2.05, 4.69) is 68.3 Å². The number of carbonyl (C=O) groups is 3. The van der Waals surface area contributed by atoms with Gasteiger partial charge in [-0.05, 0) is 145 Å². The fraction of sp³-hybridized carbons (Fsp3) is 0.118. The molecule has 7 aromatic rings. The van der Waals surface area contributed by atoms with Crippen molar-refractivity contribution in [2.75, 3.05) is 31.9 Å². The second kappa shape index (κ2) is 20.7. The molecule has 9 heteroatoms. The van der Waals surface area contributed by atoms with Crippen molar-refractivity contribution in [2.24, 2.45) is 0 Å². The Hall–Kier alpha value is -7.65. The molecule has 9 nitrogen and oxygen atoms in total. The zero-order chi connectivity index (χ0) is 41.4. The summed E-state index contributed by atoms with van der Waals surface area (Å²) < 4.78 is 0. The minimum atomic E-state index is -0.288. The minimum absolute atomic E-state index is 0.288. The molecule has 0 saturated heterocycles. The number of hydrogen-bond acceptors (Lipinski definition) is 3. The number of rotatable bonds is 15. The Morgan fingerprint density at radius 2 is 0.483 bits per heavy atom. The van der Waals surface area contributed by atoms with Crippen LogP contribution in [-0.2, 0) is 38.5 Å². The van der Waals surface area contributed by atoms with Crippen molar-refractivity contribution in [3.63, 3.8) is 0 Å². The molecule has 0 unspecified atom stereocenters. The molecule has 7 aromatic carbocycles. The number of urea groups is 3. The van der Waals surface area contributed by atoms with Gasteiger partial charge in [0.1, 0.15) is 0 Å². The van der Waals surface area contributed by atoms with Gasteiger partial charge in [0.15, 0.2) is 0 Å². The molecule has 0 atom stereocenters. The molecule has 0 aliphatic heterocycles. The summed E-state index contributed by atoms with van der Waals surface area (Å²) in [4.78, 5) is 38.0. The van der Waals surface area contributed by atoms with Crippen molar-refractivity contribution < 1.29 is 14.4 Å². The van der Waals surface area contributed by atoms with Crippen molar-refractivity contribution in [1.29, 1.82) is 0 Å². The Balaban J connectivity index is 1.02. The highest BCUT2D eigenvalue weighted by Gasteiger charge is 2.09. The molecule has 6 amide bonds. The summed E-state index contributed by atoms with van der Waals surface area (Å²) in [6.07, 6.45) is 4.88. The van der Waals surface area contributed by atoms with Gasteiger partial charge in [-0.2, -0.15) is 0 Å². The highest BCUT2D eigenvalue weighted by atomic mass is 16.2. The van der Waals surface area contributed by atoms with E-state index in [1.807, 2.05) is 146 Å². The molecule has 0 fully saturated rings. The summed E-state index contributed by atoms with van der Waals surface area (Å²) in [6.45, 7) is 0. The Morgan fingerprint density at radius 3 is 0.767 bits per heavy atom. The van der Waals surface area contributed by atoms with Crippen LogP contribution in [0.5, 0.6) is 0 Å². The maximum Gasteiger partial charge on any atom is 0.323 e. The van der Waals surface area contributed by atoms with Crippen LogP contribution in [0.3, 0.4) is 0 Å². The van der Waals surface area contributed by atoms with Crippen LogP contribution in [-0.4, -0.2) is 18.1 Å². The third-order valence-corrected chi connectivity index (χ3v) is 9.87. The van der Waals surface area contributed by atoms with Crippen LogP contribution < -0.4 is 31.9 Å². The Kier molecular flexibility index (Phi) is 14.0.